The summed E-state index contributed by atoms with van der Waals surface area (Å²) >= 11 is 0. The van der Waals surface area contributed by atoms with Crippen molar-refractivity contribution in [2.75, 3.05) is 0 Å². The first kappa shape index (κ1) is 49.0. The van der Waals surface area contributed by atoms with Crippen LogP contribution in [0.1, 0.15) is 11.1 Å². The van der Waals surface area contributed by atoms with Crippen LogP contribution in [0.2, 0.25) is 0 Å². The fourth-order valence-electron chi connectivity index (χ4n) is 12.9. The van der Waals surface area contributed by atoms with E-state index in [9.17, 15) is 10.5 Å². The first-order valence-corrected chi connectivity index (χ1v) is 28.4. The van der Waals surface area contributed by atoms with E-state index in [0.717, 1.165) is 122 Å². The summed E-state index contributed by atoms with van der Waals surface area (Å²) in [5.41, 5.74) is 20.4. The molecular formula is C78H47N7. The topological polar surface area (TPSA) is 88.2 Å². The molecule has 85 heavy (non-hydrogen) atoms. The molecule has 0 N–H and O–H groups in total. The Morgan fingerprint density at radius 2 is 0.682 bits per heavy atom. The van der Waals surface area contributed by atoms with E-state index in [1.807, 2.05) is 18.2 Å². The third-order valence-electron chi connectivity index (χ3n) is 16.7. The standard InChI is InChI=1S/C78H47N7/c79-48-50-37-39-60(57(41-50)49-80)55-38-40-76-68(44-55)65-31-11-16-36-75(65)85(76)77-66(53-23-17-25-58(42-53)83-71-32-12-7-27-61(71)62-28-8-13-33-72(62)83)45-56(78-81-69(51-19-3-1-4-20-51)47-70(82-78)52-21-5-2-6-22-52)46-67(77)54-24-18-26-59(43-54)84-73-34-14-9-29-63(73)64-30-10-15-35-74(64)84/h1-47H. The summed E-state index contributed by atoms with van der Waals surface area (Å²) in [6.45, 7) is 0. The number of hydrogen-bond donors (Lipinski definition) is 0. The van der Waals surface area contributed by atoms with E-state index in [1.54, 1.807) is 12.1 Å². The van der Waals surface area contributed by atoms with Gasteiger partial charge in [0.2, 0.25) is 0 Å². The number of para-hydroxylation sites is 5. The van der Waals surface area contributed by atoms with E-state index >= 15 is 0 Å². The van der Waals surface area contributed by atoms with Crippen molar-refractivity contribution in [2.24, 2.45) is 0 Å². The molecule has 0 aliphatic carbocycles. The Kier molecular flexibility index (Phi) is 11.5. The maximum atomic E-state index is 10.5. The summed E-state index contributed by atoms with van der Waals surface area (Å²) in [6, 6.07) is 105. The SMILES string of the molecule is N#Cc1ccc(-c2ccc3c(c2)c2ccccc2n3-c2c(-c3cccc(-n4c5ccccc5c5ccccc54)c3)cc(-c3nc(-c4ccccc4)cc(-c4ccccc4)n3)cc2-c2cccc(-n3c4ccccc4c4ccccc43)c2)c(C#N)c1. The number of nitriles is 2. The van der Waals surface area contributed by atoms with E-state index in [4.69, 9.17) is 9.97 Å². The molecule has 0 aliphatic rings. The predicted molar refractivity (Wildman–Crippen MR) is 347 cm³/mol. The molecule has 7 heteroatoms. The molecule has 0 unspecified atom stereocenters. The Hall–Kier alpha value is -11.9. The van der Waals surface area contributed by atoms with Gasteiger partial charge in [0.25, 0.3) is 0 Å². The average molecular weight is 1080 g/mol. The lowest BCUT2D eigenvalue weighted by molar-refractivity contribution is 1.16. The van der Waals surface area contributed by atoms with Gasteiger partial charge in [-0.1, -0.05) is 188 Å². The van der Waals surface area contributed by atoms with Crippen molar-refractivity contribution in [3.05, 3.63) is 296 Å². The van der Waals surface area contributed by atoms with Crippen LogP contribution in [0.5, 0.6) is 0 Å². The van der Waals surface area contributed by atoms with Crippen LogP contribution in [0.15, 0.2) is 285 Å². The number of aromatic nitrogens is 5. The van der Waals surface area contributed by atoms with Crippen LogP contribution < -0.4 is 0 Å². The number of rotatable bonds is 9. The molecule has 16 rings (SSSR count). The highest BCUT2D eigenvalue weighted by atomic mass is 15.0. The normalized spacial score (nSPS) is 11.5. The number of benzene rings is 12. The minimum Gasteiger partial charge on any atom is -0.309 e. The third kappa shape index (κ3) is 8.10. The van der Waals surface area contributed by atoms with Gasteiger partial charge < -0.3 is 13.7 Å². The quantitative estimate of drug-likeness (QED) is 0.144. The van der Waals surface area contributed by atoms with Crippen molar-refractivity contribution in [3.63, 3.8) is 0 Å². The first-order valence-electron chi connectivity index (χ1n) is 28.4. The fraction of sp³-hybridized carbons (Fsp3) is 0. The number of fused-ring (bicyclic) bond motifs is 9. The van der Waals surface area contributed by atoms with Crippen LogP contribution in [0.3, 0.4) is 0 Å². The largest absolute Gasteiger partial charge is 0.309 e. The van der Waals surface area contributed by atoms with Crippen LogP contribution in [0.4, 0.5) is 0 Å². The lowest BCUT2D eigenvalue weighted by atomic mass is 9.91. The average Bonchev–Trinajstić information content (AvgIpc) is 3.64. The molecule has 12 aromatic carbocycles. The fourth-order valence-corrected chi connectivity index (χ4v) is 12.9. The van der Waals surface area contributed by atoms with Gasteiger partial charge in [0.15, 0.2) is 5.82 Å². The molecule has 0 fully saturated rings. The van der Waals surface area contributed by atoms with Gasteiger partial charge >= 0.3 is 0 Å². The van der Waals surface area contributed by atoms with Crippen LogP contribution in [0, 0.1) is 22.7 Å². The Balaban J connectivity index is 1.04. The van der Waals surface area contributed by atoms with Crippen molar-refractivity contribution in [3.8, 4) is 96.5 Å². The number of hydrogen-bond acceptors (Lipinski definition) is 4. The molecule has 0 spiro atoms. The van der Waals surface area contributed by atoms with Crippen LogP contribution in [0.25, 0.3) is 150 Å². The molecule has 4 aromatic heterocycles. The molecule has 0 saturated heterocycles. The van der Waals surface area contributed by atoms with Gasteiger partial charge in [-0.2, -0.15) is 10.5 Å². The minimum atomic E-state index is 0.444. The highest BCUT2D eigenvalue weighted by Gasteiger charge is 2.25. The lowest BCUT2D eigenvalue weighted by Gasteiger charge is -2.22. The zero-order valence-electron chi connectivity index (χ0n) is 45.8. The lowest BCUT2D eigenvalue weighted by Crippen LogP contribution is -2.04. The van der Waals surface area contributed by atoms with Crippen LogP contribution in [-0.2, 0) is 0 Å². The van der Waals surface area contributed by atoms with E-state index in [1.165, 1.54) is 21.5 Å². The zero-order chi connectivity index (χ0) is 56.5. The van der Waals surface area contributed by atoms with E-state index in [0.29, 0.717) is 17.0 Å². The van der Waals surface area contributed by atoms with Gasteiger partial charge in [0, 0.05) is 71.5 Å². The predicted octanol–water partition coefficient (Wildman–Crippen LogP) is 19.5. The van der Waals surface area contributed by atoms with Crippen LogP contribution >= 0.6 is 0 Å². The Morgan fingerprint density at radius 3 is 1.15 bits per heavy atom. The maximum Gasteiger partial charge on any atom is 0.160 e. The molecule has 0 amide bonds. The highest BCUT2D eigenvalue weighted by molar-refractivity contribution is 6.13. The monoisotopic (exact) mass is 1080 g/mol. The molecular weight excluding hydrogens is 1030 g/mol. The van der Waals surface area contributed by atoms with Gasteiger partial charge in [-0.3, -0.25) is 0 Å². The zero-order valence-corrected chi connectivity index (χ0v) is 45.8. The summed E-state index contributed by atoms with van der Waals surface area (Å²) in [5.74, 6) is 0.592. The second kappa shape index (κ2) is 20.0. The molecule has 4 heterocycles. The summed E-state index contributed by atoms with van der Waals surface area (Å²) < 4.78 is 7.20. The van der Waals surface area contributed by atoms with Crippen molar-refractivity contribution in [1.82, 2.24) is 23.7 Å². The number of nitrogens with zero attached hydrogens (tertiary/aromatic N) is 7. The molecule has 0 saturated carbocycles. The Labute approximate surface area is 489 Å². The van der Waals surface area contributed by atoms with Crippen molar-refractivity contribution >= 4 is 65.4 Å². The van der Waals surface area contributed by atoms with Crippen molar-refractivity contribution in [2.45, 2.75) is 0 Å². The minimum absolute atomic E-state index is 0.444. The Morgan fingerprint density at radius 1 is 0.271 bits per heavy atom. The second-order valence-electron chi connectivity index (χ2n) is 21.5. The molecule has 0 aliphatic heterocycles. The summed E-state index contributed by atoms with van der Waals surface area (Å²) in [6.07, 6.45) is 0. The molecule has 394 valence electrons. The summed E-state index contributed by atoms with van der Waals surface area (Å²) in [4.78, 5) is 11.0. The van der Waals surface area contributed by atoms with E-state index in [2.05, 4.69) is 281 Å². The van der Waals surface area contributed by atoms with E-state index < -0.39 is 0 Å². The van der Waals surface area contributed by atoms with E-state index in [-0.39, 0.29) is 0 Å². The molecule has 0 bridgehead atoms. The second-order valence-corrected chi connectivity index (χ2v) is 21.5. The molecule has 7 nitrogen and oxygen atoms in total. The first-order chi connectivity index (χ1) is 42.1. The highest BCUT2D eigenvalue weighted by Crippen LogP contribution is 2.46. The maximum absolute atomic E-state index is 10.5. The van der Waals surface area contributed by atoms with Gasteiger partial charge in [-0.25, -0.2) is 9.97 Å². The van der Waals surface area contributed by atoms with Crippen molar-refractivity contribution in [1.29, 1.82) is 10.5 Å². The summed E-state index contributed by atoms with van der Waals surface area (Å²) in [7, 11) is 0. The smallest absolute Gasteiger partial charge is 0.160 e. The molecule has 0 radical (unpaired) electrons. The van der Waals surface area contributed by atoms with Gasteiger partial charge in [0.05, 0.1) is 73.4 Å². The molecule has 0 atom stereocenters. The van der Waals surface area contributed by atoms with Gasteiger partial charge in [-0.05, 0) is 119 Å². The molecule has 16 aromatic rings. The summed E-state index contributed by atoms with van der Waals surface area (Å²) in [5, 5.41) is 27.1. The van der Waals surface area contributed by atoms with Crippen LogP contribution in [-0.4, -0.2) is 23.7 Å². The Bertz CT molecular complexity index is 5110. The van der Waals surface area contributed by atoms with Crippen molar-refractivity contribution < 1.29 is 0 Å². The third-order valence-corrected chi connectivity index (χ3v) is 16.7. The van der Waals surface area contributed by atoms with Gasteiger partial charge in [0.1, 0.15) is 0 Å². The van der Waals surface area contributed by atoms with Gasteiger partial charge in [-0.15, -0.1) is 0 Å².